The van der Waals surface area contributed by atoms with Crippen LogP contribution in [0.25, 0.3) is 0 Å². The molecule has 28 heavy (non-hydrogen) atoms. The number of pyridine rings is 1. The maximum absolute atomic E-state index is 13.4. The molecule has 0 saturated heterocycles. The van der Waals surface area contributed by atoms with E-state index in [0.717, 1.165) is 11.3 Å². The van der Waals surface area contributed by atoms with Gasteiger partial charge in [-0.05, 0) is 67.4 Å². The van der Waals surface area contributed by atoms with E-state index in [9.17, 15) is 9.18 Å². The van der Waals surface area contributed by atoms with E-state index in [1.165, 1.54) is 12.1 Å². The van der Waals surface area contributed by atoms with Crippen LogP contribution in [0.1, 0.15) is 28.4 Å². The zero-order valence-electron chi connectivity index (χ0n) is 15.7. The Balaban J connectivity index is 1.63. The molecule has 0 fully saturated rings. The Morgan fingerprint density at radius 1 is 1.07 bits per heavy atom. The van der Waals surface area contributed by atoms with E-state index in [0.29, 0.717) is 29.4 Å². The van der Waals surface area contributed by atoms with Gasteiger partial charge in [-0.1, -0.05) is 6.07 Å². The standard InChI is InChI=1S/C22H21FN2O3/c1-3-27-18-6-8-19(9-7-18)28-21-12-16(10-11-24-21)14-25-22(26)20-13-17(23)5-4-15(20)2/h4-13H,3,14H2,1-2H3,(H,25,26). The third kappa shape index (κ3) is 5.07. The summed E-state index contributed by atoms with van der Waals surface area (Å²) in [7, 11) is 0. The van der Waals surface area contributed by atoms with Gasteiger partial charge in [-0.25, -0.2) is 9.37 Å². The van der Waals surface area contributed by atoms with E-state index in [1.807, 2.05) is 19.1 Å². The summed E-state index contributed by atoms with van der Waals surface area (Å²) in [5.74, 6) is 1.05. The molecule has 0 bridgehead atoms. The van der Waals surface area contributed by atoms with Crippen molar-refractivity contribution in [1.29, 1.82) is 0 Å². The Bertz CT molecular complexity index is 958. The van der Waals surface area contributed by atoms with Gasteiger partial charge in [0.2, 0.25) is 5.88 Å². The third-order valence-electron chi connectivity index (χ3n) is 4.05. The molecule has 1 aromatic heterocycles. The number of aromatic nitrogens is 1. The van der Waals surface area contributed by atoms with E-state index in [2.05, 4.69) is 10.3 Å². The molecule has 6 heteroatoms. The van der Waals surface area contributed by atoms with Gasteiger partial charge in [-0.2, -0.15) is 0 Å². The largest absolute Gasteiger partial charge is 0.494 e. The van der Waals surface area contributed by atoms with Crippen LogP contribution in [0.3, 0.4) is 0 Å². The number of hydrogen-bond acceptors (Lipinski definition) is 4. The van der Waals surface area contributed by atoms with Crippen molar-refractivity contribution >= 4 is 5.91 Å². The molecule has 0 unspecified atom stereocenters. The first-order valence-electron chi connectivity index (χ1n) is 8.95. The van der Waals surface area contributed by atoms with Crippen molar-refractivity contribution in [1.82, 2.24) is 10.3 Å². The Hall–Kier alpha value is -3.41. The molecule has 0 saturated carbocycles. The first-order valence-corrected chi connectivity index (χ1v) is 8.95. The summed E-state index contributed by atoms with van der Waals surface area (Å²) in [5, 5.41) is 2.79. The number of ether oxygens (including phenoxy) is 2. The fraction of sp³-hybridized carbons (Fsp3) is 0.182. The van der Waals surface area contributed by atoms with Gasteiger partial charge >= 0.3 is 0 Å². The minimum atomic E-state index is -0.439. The van der Waals surface area contributed by atoms with Crippen LogP contribution < -0.4 is 14.8 Å². The highest BCUT2D eigenvalue weighted by molar-refractivity contribution is 5.95. The average Bonchev–Trinajstić information content (AvgIpc) is 2.70. The average molecular weight is 380 g/mol. The first-order chi connectivity index (χ1) is 13.5. The number of benzene rings is 2. The molecule has 1 N–H and O–H groups in total. The molecule has 1 amide bonds. The van der Waals surface area contributed by atoms with Gasteiger partial charge in [0.05, 0.1) is 6.61 Å². The number of hydrogen-bond donors (Lipinski definition) is 1. The Kier molecular flexibility index (Phi) is 6.22. The fourth-order valence-electron chi connectivity index (χ4n) is 2.62. The third-order valence-corrected chi connectivity index (χ3v) is 4.05. The van der Waals surface area contributed by atoms with Crippen molar-refractivity contribution < 1.29 is 18.7 Å². The summed E-state index contributed by atoms with van der Waals surface area (Å²) >= 11 is 0. The number of rotatable bonds is 7. The summed E-state index contributed by atoms with van der Waals surface area (Å²) in [6.45, 7) is 4.57. The minimum absolute atomic E-state index is 0.275. The van der Waals surface area contributed by atoms with E-state index in [-0.39, 0.29) is 12.5 Å². The lowest BCUT2D eigenvalue weighted by Crippen LogP contribution is -2.23. The van der Waals surface area contributed by atoms with Crippen LogP contribution in [0, 0.1) is 12.7 Å². The van der Waals surface area contributed by atoms with Crippen molar-refractivity contribution in [2.24, 2.45) is 0 Å². The van der Waals surface area contributed by atoms with Gasteiger partial charge in [0.1, 0.15) is 17.3 Å². The van der Waals surface area contributed by atoms with Gasteiger partial charge in [-0.3, -0.25) is 4.79 Å². The highest BCUT2D eigenvalue weighted by Crippen LogP contribution is 2.23. The second kappa shape index (κ2) is 8.99. The number of nitrogens with one attached hydrogen (secondary N) is 1. The minimum Gasteiger partial charge on any atom is -0.494 e. The quantitative estimate of drug-likeness (QED) is 0.648. The number of nitrogens with zero attached hydrogens (tertiary/aromatic N) is 1. The summed E-state index contributed by atoms with van der Waals surface area (Å²) in [5.41, 5.74) is 1.85. The van der Waals surface area contributed by atoms with E-state index in [4.69, 9.17) is 9.47 Å². The molecule has 144 valence electrons. The van der Waals surface area contributed by atoms with Gasteiger partial charge in [0.25, 0.3) is 5.91 Å². The zero-order valence-corrected chi connectivity index (χ0v) is 15.7. The van der Waals surface area contributed by atoms with Crippen LogP contribution in [0.2, 0.25) is 0 Å². The smallest absolute Gasteiger partial charge is 0.251 e. The first kappa shape index (κ1) is 19.4. The SMILES string of the molecule is CCOc1ccc(Oc2cc(CNC(=O)c3cc(F)ccc3C)ccn2)cc1. The molecule has 2 aromatic carbocycles. The molecule has 1 heterocycles. The van der Waals surface area contributed by atoms with Crippen LogP contribution in [-0.4, -0.2) is 17.5 Å². The lowest BCUT2D eigenvalue weighted by molar-refractivity contribution is 0.0949. The van der Waals surface area contributed by atoms with Gasteiger partial charge in [0, 0.05) is 24.4 Å². The summed E-state index contributed by atoms with van der Waals surface area (Å²) in [4.78, 5) is 16.5. The molecule has 0 aliphatic heterocycles. The van der Waals surface area contributed by atoms with Gasteiger partial charge in [-0.15, -0.1) is 0 Å². The number of amides is 1. The highest BCUT2D eigenvalue weighted by atomic mass is 19.1. The normalized spacial score (nSPS) is 10.4. The number of carbonyl (C=O) groups excluding carboxylic acids is 1. The number of halogens is 1. The van der Waals surface area contributed by atoms with Crippen molar-refractivity contribution in [2.75, 3.05) is 6.61 Å². The Morgan fingerprint density at radius 3 is 2.57 bits per heavy atom. The van der Waals surface area contributed by atoms with Crippen LogP contribution in [-0.2, 0) is 6.54 Å². The van der Waals surface area contributed by atoms with E-state index in [1.54, 1.807) is 43.5 Å². The number of carbonyl (C=O) groups is 1. The topological polar surface area (TPSA) is 60.5 Å². The van der Waals surface area contributed by atoms with Crippen LogP contribution >= 0.6 is 0 Å². The predicted molar refractivity (Wildman–Crippen MR) is 104 cm³/mol. The Labute approximate surface area is 163 Å². The van der Waals surface area contributed by atoms with Crippen molar-refractivity contribution in [3.05, 3.63) is 83.3 Å². The zero-order chi connectivity index (χ0) is 19.9. The molecule has 3 aromatic rings. The Morgan fingerprint density at radius 2 is 1.82 bits per heavy atom. The molecule has 0 aliphatic rings. The molecular weight excluding hydrogens is 359 g/mol. The summed E-state index contributed by atoms with van der Waals surface area (Å²) in [6.07, 6.45) is 1.61. The van der Waals surface area contributed by atoms with Crippen molar-refractivity contribution in [3.63, 3.8) is 0 Å². The molecule has 0 radical (unpaired) electrons. The maximum Gasteiger partial charge on any atom is 0.251 e. The lowest BCUT2D eigenvalue weighted by Gasteiger charge is -2.10. The predicted octanol–water partition coefficient (Wildman–Crippen LogP) is 4.65. The van der Waals surface area contributed by atoms with Crippen LogP contribution in [0.4, 0.5) is 4.39 Å². The van der Waals surface area contributed by atoms with Crippen LogP contribution in [0.5, 0.6) is 17.4 Å². The highest BCUT2D eigenvalue weighted by Gasteiger charge is 2.10. The molecule has 0 spiro atoms. The van der Waals surface area contributed by atoms with Crippen LogP contribution in [0.15, 0.2) is 60.8 Å². The molecule has 5 nitrogen and oxygen atoms in total. The van der Waals surface area contributed by atoms with E-state index >= 15 is 0 Å². The summed E-state index contributed by atoms with van der Waals surface area (Å²) in [6, 6.07) is 14.9. The summed E-state index contributed by atoms with van der Waals surface area (Å²) < 4.78 is 24.5. The second-order valence-electron chi connectivity index (χ2n) is 6.15. The van der Waals surface area contributed by atoms with Crippen molar-refractivity contribution in [2.45, 2.75) is 20.4 Å². The second-order valence-corrected chi connectivity index (χ2v) is 6.15. The monoisotopic (exact) mass is 380 g/mol. The van der Waals surface area contributed by atoms with Gasteiger partial charge < -0.3 is 14.8 Å². The molecule has 0 aliphatic carbocycles. The molecular formula is C22H21FN2O3. The number of aryl methyl sites for hydroxylation is 1. The van der Waals surface area contributed by atoms with E-state index < -0.39 is 5.82 Å². The van der Waals surface area contributed by atoms with Crippen molar-refractivity contribution in [3.8, 4) is 17.4 Å². The fourth-order valence-corrected chi connectivity index (χ4v) is 2.62. The lowest BCUT2D eigenvalue weighted by atomic mass is 10.1. The maximum atomic E-state index is 13.4. The molecule has 3 rings (SSSR count). The van der Waals surface area contributed by atoms with Gasteiger partial charge in [0.15, 0.2) is 0 Å². The molecule has 0 atom stereocenters.